The van der Waals surface area contributed by atoms with Gasteiger partial charge in [-0.15, -0.1) is 0 Å². The van der Waals surface area contributed by atoms with Crippen LogP contribution in [0.25, 0.3) is 0 Å². The third kappa shape index (κ3) is 5.35. The van der Waals surface area contributed by atoms with E-state index in [0.717, 1.165) is 30.0 Å². The van der Waals surface area contributed by atoms with Crippen molar-refractivity contribution in [1.82, 2.24) is 14.5 Å². The molecule has 3 aliphatic heterocycles. The lowest BCUT2D eigenvalue weighted by atomic mass is 9.63. The monoisotopic (exact) mass is 546 g/mol. The molecule has 2 aromatic rings. The summed E-state index contributed by atoms with van der Waals surface area (Å²) in [5.74, 6) is 3.31. The SMILES string of the molecule is CN(SOc1ccc(N2CC(CN3CCC(C4(C5CCCC5)NCCc5ccccc54)CC3)C2)cc1)C1CC1. The van der Waals surface area contributed by atoms with Crippen molar-refractivity contribution in [2.24, 2.45) is 17.8 Å². The van der Waals surface area contributed by atoms with Crippen LogP contribution in [-0.4, -0.2) is 61.6 Å². The minimum absolute atomic E-state index is 0.215. The van der Waals surface area contributed by atoms with E-state index in [1.807, 2.05) is 0 Å². The molecule has 0 bridgehead atoms. The third-order valence-electron chi connectivity index (χ3n) is 10.5. The molecule has 210 valence electrons. The Labute approximate surface area is 240 Å². The molecule has 1 atom stereocenters. The highest BCUT2D eigenvalue weighted by molar-refractivity contribution is 7.92. The fraction of sp³-hybridized carbons (Fsp3) is 0.636. The highest BCUT2D eigenvalue weighted by atomic mass is 32.2. The Morgan fingerprint density at radius 2 is 1.64 bits per heavy atom. The van der Waals surface area contributed by atoms with Crippen LogP contribution in [0.15, 0.2) is 48.5 Å². The molecule has 5 nitrogen and oxygen atoms in total. The van der Waals surface area contributed by atoms with Gasteiger partial charge in [-0.05, 0) is 105 Å². The number of nitrogens with zero attached hydrogens (tertiary/aromatic N) is 3. The molecule has 5 aliphatic rings. The molecule has 1 N–H and O–H groups in total. The van der Waals surface area contributed by atoms with Crippen LogP contribution in [0, 0.1) is 17.8 Å². The van der Waals surface area contributed by atoms with Gasteiger partial charge in [0.2, 0.25) is 0 Å². The van der Waals surface area contributed by atoms with Gasteiger partial charge in [0.15, 0.2) is 0 Å². The first-order chi connectivity index (χ1) is 19.2. The summed E-state index contributed by atoms with van der Waals surface area (Å²) in [7, 11) is 2.12. The first kappa shape index (κ1) is 26.2. The summed E-state index contributed by atoms with van der Waals surface area (Å²) >= 11 is 1.48. The van der Waals surface area contributed by atoms with Gasteiger partial charge in [-0.25, -0.2) is 4.31 Å². The zero-order chi connectivity index (χ0) is 26.2. The van der Waals surface area contributed by atoms with Crippen molar-refractivity contribution >= 4 is 17.9 Å². The van der Waals surface area contributed by atoms with Crippen LogP contribution in [0.3, 0.4) is 0 Å². The van der Waals surface area contributed by atoms with Crippen molar-refractivity contribution in [1.29, 1.82) is 0 Å². The number of nitrogens with one attached hydrogen (secondary N) is 1. The number of hydrogen-bond acceptors (Lipinski definition) is 6. The maximum atomic E-state index is 5.90. The van der Waals surface area contributed by atoms with E-state index in [9.17, 15) is 0 Å². The maximum Gasteiger partial charge on any atom is 0.146 e. The lowest BCUT2D eigenvalue weighted by Gasteiger charge is -2.53. The van der Waals surface area contributed by atoms with Crippen LogP contribution in [0.2, 0.25) is 0 Å². The number of rotatable bonds is 9. The van der Waals surface area contributed by atoms with Gasteiger partial charge in [0.05, 0.1) is 0 Å². The van der Waals surface area contributed by atoms with Gasteiger partial charge in [0, 0.05) is 56.4 Å². The molecule has 2 saturated heterocycles. The first-order valence-corrected chi connectivity index (χ1v) is 16.4. The highest BCUT2D eigenvalue weighted by Gasteiger charge is 2.50. The molecule has 0 radical (unpaired) electrons. The fourth-order valence-corrected chi connectivity index (χ4v) is 8.88. The van der Waals surface area contributed by atoms with Crippen molar-refractivity contribution in [3.05, 3.63) is 59.7 Å². The third-order valence-corrected chi connectivity index (χ3v) is 11.3. The van der Waals surface area contributed by atoms with E-state index in [4.69, 9.17) is 4.18 Å². The summed E-state index contributed by atoms with van der Waals surface area (Å²) in [6, 6.07) is 18.8. The summed E-state index contributed by atoms with van der Waals surface area (Å²) in [5, 5.41) is 4.19. The van der Waals surface area contributed by atoms with Crippen molar-refractivity contribution in [2.75, 3.05) is 51.2 Å². The van der Waals surface area contributed by atoms with E-state index in [2.05, 4.69) is 75.0 Å². The summed E-state index contributed by atoms with van der Waals surface area (Å²) in [4.78, 5) is 5.31. The van der Waals surface area contributed by atoms with E-state index in [-0.39, 0.29) is 5.54 Å². The second kappa shape index (κ2) is 11.3. The molecule has 3 heterocycles. The summed E-state index contributed by atoms with van der Waals surface area (Å²) in [6.45, 7) is 7.29. The molecule has 6 heteroatoms. The van der Waals surface area contributed by atoms with Crippen LogP contribution in [0.1, 0.15) is 62.5 Å². The van der Waals surface area contributed by atoms with Gasteiger partial charge in [0.25, 0.3) is 0 Å². The Kier molecular flexibility index (Phi) is 7.57. The Morgan fingerprint density at radius 1 is 0.923 bits per heavy atom. The molecule has 2 aliphatic carbocycles. The van der Waals surface area contributed by atoms with E-state index < -0.39 is 0 Å². The normalized spacial score (nSPS) is 27.1. The van der Waals surface area contributed by atoms with Gasteiger partial charge in [0.1, 0.15) is 18.0 Å². The number of anilines is 1. The predicted octanol–water partition coefficient (Wildman–Crippen LogP) is 6.10. The smallest absolute Gasteiger partial charge is 0.146 e. The van der Waals surface area contributed by atoms with E-state index in [0.29, 0.717) is 6.04 Å². The number of fused-ring (bicyclic) bond motifs is 1. The summed E-state index contributed by atoms with van der Waals surface area (Å²) in [6.07, 6.45) is 12.1. The number of piperidine rings is 1. The average molecular weight is 547 g/mol. The zero-order valence-electron chi connectivity index (χ0n) is 23.7. The zero-order valence-corrected chi connectivity index (χ0v) is 24.5. The summed E-state index contributed by atoms with van der Waals surface area (Å²) in [5.41, 5.74) is 4.82. The van der Waals surface area contributed by atoms with Crippen molar-refractivity contribution in [2.45, 2.75) is 69.4 Å². The Hall–Kier alpha value is -1.73. The lowest BCUT2D eigenvalue weighted by Crippen LogP contribution is -2.59. The highest BCUT2D eigenvalue weighted by Crippen LogP contribution is 2.50. The number of hydrogen-bond donors (Lipinski definition) is 1. The second-order valence-corrected chi connectivity index (χ2v) is 13.9. The molecule has 0 amide bonds. The van der Waals surface area contributed by atoms with Gasteiger partial charge in [-0.1, -0.05) is 37.1 Å². The average Bonchev–Trinajstić information content (AvgIpc) is 3.67. The van der Waals surface area contributed by atoms with Crippen LogP contribution in [-0.2, 0) is 12.0 Å². The quantitative estimate of drug-likeness (QED) is 0.302. The number of likely N-dealkylation sites (tertiary alicyclic amines) is 1. The van der Waals surface area contributed by atoms with E-state index >= 15 is 0 Å². The molecule has 2 aromatic carbocycles. The molecular formula is C33H46N4OS. The lowest BCUT2D eigenvalue weighted by molar-refractivity contribution is 0.0492. The molecule has 4 fully saturated rings. The van der Waals surface area contributed by atoms with Crippen molar-refractivity contribution in [3.63, 3.8) is 0 Å². The summed E-state index contributed by atoms with van der Waals surface area (Å²) < 4.78 is 8.13. The van der Waals surface area contributed by atoms with Gasteiger partial charge >= 0.3 is 0 Å². The minimum atomic E-state index is 0.215. The Balaban J connectivity index is 0.913. The Morgan fingerprint density at radius 3 is 2.38 bits per heavy atom. The minimum Gasteiger partial charge on any atom is -0.409 e. The van der Waals surface area contributed by atoms with Crippen molar-refractivity contribution < 1.29 is 4.18 Å². The molecule has 0 spiro atoms. The maximum absolute atomic E-state index is 5.90. The van der Waals surface area contributed by atoms with Crippen molar-refractivity contribution in [3.8, 4) is 5.75 Å². The Bertz CT molecular complexity index is 1100. The van der Waals surface area contributed by atoms with Gasteiger partial charge in [-0.3, -0.25) is 0 Å². The van der Waals surface area contributed by atoms with Crippen LogP contribution < -0.4 is 14.4 Å². The topological polar surface area (TPSA) is 31.0 Å². The molecule has 2 saturated carbocycles. The van der Waals surface area contributed by atoms with Gasteiger partial charge in [-0.2, -0.15) is 0 Å². The van der Waals surface area contributed by atoms with E-state index in [1.165, 1.54) is 108 Å². The first-order valence-electron chi connectivity index (χ1n) is 15.7. The standard InChI is InChI=1S/C33H46N4OS/c1-35(29-10-11-29)39-38-31-14-12-30(13-15-31)37-23-25(24-37)22-36-20-17-28(18-21-36)33(27-7-3-4-8-27)32-9-5-2-6-26(32)16-19-34-33/h2,5-6,9,12-15,25,27-29,34H,3-4,7-8,10-11,16-24H2,1H3. The van der Waals surface area contributed by atoms with Crippen LogP contribution in [0.4, 0.5) is 5.69 Å². The van der Waals surface area contributed by atoms with Crippen LogP contribution in [0.5, 0.6) is 5.75 Å². The molecule has 7 rings (SSSR count). The molecule has 1 unspecified atom stereocenters. The number of benzene rings is 2. The van der Waals surface area contributed by atoms with Crippen LogP contribution >= 0.6 is 12.2 Å². The molecular weight excluding hydrogens is 500 g/mol. The largest absolute Gasteiger partial charge is 0.409 e. The fourth-order valence-electron chi connectivity index (χ4n) is 8.23. The van der Waals surface area contributed by atoms with E-state index in [1.54, 1.807) is 11.1 Å². The molecule has 39 heavy (non-hydrogen) atoms. The van der Waals surface area contributed by atoms with Gasteiger partial charge < -0.3 is 19.3 Å². The molecule has 0 aromatic heterocycles. The predicted molar refractivity (Wildman–Crippen MR) is 162 cm³/mol. The second-order valence-electron chi connectivity index (χ2n) is 13.0.